The van der Waals surface area contributed by atoms with Crippen molar-refractivity contribution in [2.45, 2.75) is 19.3 Å². The normalized spacial score (nSPS) is 15.1. The van der Waals surface area contributed by atoms with Gasteiger partial charge < -0.3 is 15.0 Å². The molecule has 1 heterocycles. The molecule has 0 bridgehead atoms. The van der Waals surface area contributed by atoms with Gasteiger partial charge in [0.2, 0.25) is 5.91 Å². The van der Waals surface area contributed by atoms with Crippen molar-refractivity contribution in [2.75, 3.05) is 37.6 Å². The second-order valence-electron chi connectivity index (χ2n) is 7.21. The Morgan fingerprint density at radius 2 is 1.81 bits per heavy atom. The van der Waals surface area contributed by atoms with Gasteiger partial charge in [-0.05, 0) is 36.8 Å². The first-order chi connectivity index (χ1) is 14.8. The minimum atomic E-state index is -4.78. The molecule has 0 aliphatic carbocycles. The van der Waals surface area contributed by atoms with Crippen LogP contribution in [0.1, 0.15) is 17.5 Å². The molecule has 0 unspecified atom stereocenters. The van der Waals surface area contributed by atoms with E-state index in [0.717, 1.165) is 31.7 Å². The highest BCUT2D eigenvalue weighted by Gasteiger charge is 2.32. The van der Waals surface area contributed by atoms with E-state index in [9.17, 15) is 18.0 Å². The molecule has 3 rings (SSSR count). The monoisotopic (exact) mass is 432 g/mol. The Kier molecular flexibility index (Phi) is 7.36. The fourth-order valence-corrected chi connectivity index (χ4v) is 3.46. The lowest BCUT2D eigenvalue weighted by molar-refractivity contribution is -0.274. The minimum Gasteiger partial charge on any atom is -0.405 e. The Hall–Kier alpha value is -3.25. The van der Waals surface area contributed by atoms with Crippen LogP contribution in [0.15, 0.2) is 48.5 Å². The lowest BCUT2D eigenvalue weighted by Crippen LogP contribution is -2.39. The van der Waals surface area contributed by atoms with E-state index in [1.54, 1.807) is 18.2 Å². The molecule has 0 atom stereocenters. The van der Waals surface area contributed by atoms with Crippen molar-refractivity contribution in [2.24, 2.45) is 0 Å². The SMILES string of the molecule is N#Cc1ccc(N2CCCN(CC(=O)NCc3ccccc3OC(F)(F)F)CC2)cc1. The molecule has 9 heteroatoms. The molecule has 0 radical (unpaired) electrons. The van der Waals surface area contributed by atoms with Gasteiger partial charge in [-0.3, -0.25) is 9.69 Å². The lowest BCUT2D eigenvalue weighted by Gasteiger charge is -2.23. The zero-order chi connectivity index (χ0) is 22.3. The number of nitriles is 1. The zero-order valence-electron chi connectivity index (χ0n) is 16.9. The third kappa shape index (κ3) is 6.89. The molecule has 1 aliphatic rings. The minimum absolute atomic E-state index is 0.0453. The summed E-state index contributed by atoms with van der Waals surface area (Å²) in [5.74, 6) is -0.572. The first-order valence-corrected chi connectivity index (χ1v) is 9.92. The van der Waals surface area contributed by atoms with Crippen molar-refractivity contribution in [1.29, 1.82) is 5.26 Å². The molecule has 164 valence electrons. The van der Waals surface area contributed by atoms with E-state index in [0.29, 0.717) is 12.1 Å². The number of hydrogen-bond donors (Lipinski definition) is 1. The Balaban J connectivity index is 1.50. The van der Waals surface area contributed by atoms with Gasteiger partial charge in [0, 0.05) is 44.0 Å². The Morgan fingerprint density at radius 3 is 2.52 bits per heavy atom. The van der Waals surface area contributed by atoms with Gasteiger partial charge >= 0.3 is 6.36 Å². The summed E-state index contributed by atoms with van der Waals surface area (Å²) in [7, 11) is 0. The summed E-state index contributed by atoms with van der Waals surface area (Å²) in [4.78, 5) is 16.6. The number of hydrogen-bond acceptors (Lipinski definition) is 5. The van der Waals surface area contributed by atoms with E-state index in [2.05, 4.69) is 21.0 Å². The predicted octanol–water partition coefficient (Wildman–Crippen LogP) is 3.29. The quantitative estimate of drug-likeness (QED) is 0.759. The average molecular weight is 432 g/mol. The molecular formula is C22H23F3N4O2. The number of para-hydroxylation sites is 1. The number of carbonyl (C=O) groups is 1. The Labute approximate surface area is 178 Å². The van der Waals surface area contributed by atoms with Crippen molar-refractivity contribution in [1.82, 2.24) is 10.2 Å². The topological polar surface area (TPSA) is 68.6 Å². The van der Waals surface area contributed by atoms with E-state index in [1.165, 1.54) is 18.2 Å². The Bertz CT molecular complexity index is 926. The van der Waals surface area contributed by atoms with Crippen molar-refractivity contribution >= 4 is 11.6 Å². The van der Waals surface area contributed by atoms with Gasteiger partial charge in [0.05, 0.1) is 18.2 Å². The van der Waals surface area contributed by atoms with Crippen LogP contribution in [0.3, 0.4) is 0 Å². The van der Waals surface area contributed by atoms with E-state index < -0.39 is 6.36 Å². The summed E-state index contributed by atoms with van der Waals surface area (Å²) in [6.07, 6.45) is -3.91. The highest BCUT2D eigenvalue weighted by atomic mass is 19.4. The van der Waals surface area contributed by atoms with E-state index in [-0.39, 0.29) is 30.3 Å². The standard InChI is InChI=1S/C22H23F3N4O2/c23-22(24,25)31-20-5-2-1-4-18(20)15-27-21(30)16-28-10-3-11-29(13-12-28)19-8-6-17(14-26)7-9-19/h1-2,4-9H,3,10-13,15-16H2,(H,27,30). The molecule has 0 saturated carbocycles. The van der Waals surface area contributed by atoms with Crippen LogP contribution in [-0.4, -0.2) is 49.9 Å². The zero-order valence-corrected chi connectivity index (χ0v) is 16.9. The second-order valence-corrected chi connectivity index (χ2v) is 7.21. The van der Waals surface area contributed by atoms with Crippen LogP contribution in [0.4, 0.5) is 18.9 Å². The summed E-state index contributed by atoms with van der Waals surface area (Å²) in [5, 5.41) is 11.6. The van der Waals surface area contributed by atoms with Crippen LogP contribution in [0.5, 0.6) is 5.75 Å². The third-order valence-electron chi connectivity index (χ3n) is 4.99. The number of anilines is 1. The van der Waals surface area contributed by atoms with Gasteiger partial charge in [-0.1, -0.05) is 18.2 Å². The highest BCUT2D eigenvalue weighted by molar-refractivity contribution is 5.78. The van der Waals surface area contributed by atoms with Gasteiger partial charge in [-0.15, -0.1) is 13.2 Å². The summed E-state index contributed by atoms with van der Waals surface area (Å²) >= 11 is 0. The molecule has 1 N–H and O–H groups in total. The molecular weight excluding hydrogens is 409 g/mol. The number of nitrogens with one attached hydrogen (secondary N) is 1. The Morgan fingerprint density at radius 1 is 1.06 bits per heavy atom. The van der Waals surface area contributed by atoms with Crippen molar-refractivity contribution in [3.63, 3.8) is 0 Å². The number of rotatable bonds is 6. The number of amides is 1. The van der Waals surface area contributed by atoms with Crippen LogP contribution in [0.25, 0.3) is 0 Å². The number of ether oxygens (including phenoxy) is 1. The van der Waals surface area contributed by atoms with Gasteiger partial charge in [0.25, 0.3) is 0 Å². The summed E-state index contributed by atoms with van der Waals surface area (Å²) < 4.78 is 41.6. The van der Waals surface area contributed by atoms with Gasteiger partial charge in [0.15, 0.2) is 0 Å². The van der Waals surface area contributed by atoms with Crippen LogP contribution >= 0.6 is 0 Å². The van der Waals surface area contributed by atoms with Crippen LogP contribution in [-0.2, 0) is 11.3 Å². The molecule has 1 fully saturated rings. The lowest BCUT2D eigenvalue weighted by atomic mass is 10.2. The fraction of sp³-hybridized carbons (Fsp3) is 0.364. The second kappa shape index (κ2) is 10.2. The number of carbonyl (C=O) groups excluding carboxylic acids is 1. The van der Waals surface area contributed by atoms with E-state index in [1.807, 2.05) is 17.0 Å². The van der Waals surface area contributed by atoms with Crippen molar-refractivity contribution in [3.8, 4) is 11.8 Å². The number of benzene rings is 2. The van der Waals surface area contributed by atoms with Gasteiger partial charge in [-0.25, -0.2) is 0 Å². The van der Waals surface area contributed by atoms with Crippen LogP contribution in [0, 0.1) is 11.3 Å². The largest absolute Gasteiger partial charge is 0.573 e. The maximum atomic E-state index is 12.5. The first kappa shape index (κ1) is 22.4. The molecule has 6 nitrogen and oxygen atoms in total. The molecule has 2 aromatic carbocycles. The highest BCUT2D eigenvalue weighted by Crippen LogP contribution is 2.26. The van der Waals surface area contributed by atoms with E-state index in [4.69, 9.17) is 5.26 Å². The number of alkyl halides is 3. The molecule has 2 aromatic rings. The molecule has 0 spiro atoms. The van der Waals surface area contributed by atoms with Crippen LogP contribution < -0.4 is 15.0 Å². The predicted molar refractivity (Wildman–Crippen MR) is 109 cm³/mol. The molecule has 0 aromatic heterocycles. The molecule has 1 saturated heterocycles. The molecule has 1 aliphatic heterocycles. The maximum Gasteiger partial charge on any atom is 0.573 e. The van der Waals surface area contributed by atoms with E-state index >= 15 is 0 Å². The molecule has 31 heavy (non-hydrogen) atoms. The van der Waals surface area contributed by atoms with Crippen molar-refractivity contribution < 1.29 is 22.7 Å². The maximum absolute atomic E-state index is 12.5. The fourth-order valence-electron chi connectivity index (χ4n) is 3.46. The van der Waals surface area contributed by atoms with Gasteiger partial charge in [-0.2, -0.15) is 5.26 Å². The van der Waals surface area contributed by atoms with Crippen LogP contribution in [0.2, 0.25) is 0 Å². The summed E-state index contributed by atoms with van der Waals surface area (Å²) in [6, 6.07) is 15.3. The number of nitrogens with zero attached hydrogens (tertiary/aromatic N) is 3. The van der Waals surface area contributed by atoms with Crippen molar-refractivity contribution in [3.05, 3.63) is 59.7 Å². The summed E-state index contributed by atoms with van der Waals surface area (Å²) in [6.45, 7) is 3.13. The van der Waals surface area contributed by atoms with Gasteiger partial charge in [0.1, 0.15) is 5.75 Å². The molecule has 1 amide bonds. The summed E-state index contributed by atoms with van der Waals surface area (Å²) in [5.41, 5.74) is 1.90. The smallest absolute Gasteiger partial charge is 0.405 e. The first-order valence-electron chi connectivity index (χ1n) is 9.92. The number of halogens is 3. The average Bonchev–Trinajstić information content (AvgIpc) is 2.98. The third-order valence-corrected chi connectivity index (χ3v) is 4.99.